The highest BCUT2D eigenvalue weighted by Gasteiger charge is 1.92. The van der Waals surface area contributed by atoms with E-state index in [4.69, 9.17) is 11.5 Å². The van der Waals surface area contributed by atoms with Crippen molar-refractivity contribution < 1.29 is 0 Å². The lowest BCUT2D eigenvalue weighted by Crippen LogP contribution is -2.07. The van der Waals surface area contributed by atoms with E-state index in [9.17, 15) is 0 Å². The first-order valence-corrected chi connectivity index (χ1v) is 2.94. The van der Waals surface area contributed by atoms with Gasteiger partial charge in [-0.25, -0.2) is 0 Å². The van der Waals surface area contributed by atoms with Crippen LogP contribution in [0.1, 0.15) is 20.8 Å². The maximum Gasteiger partial charge on any atom is 0.0528 e. The van der Waals surface area contributed by atoms with E-state index in [0.717, 1.165) is 5.57 Å². The molecule has 0 saturated heterocycles. The molecule has 0 spiro atoms. The largest absolute Gasteiger partial charge is 0.401 e. The molecule has 4 N–H and O–H groups in total. The molecule has 0 heterocycles. The van der Waals surface area contributed by atoms with Crippen molar-refractivity contribution in [2.45, 2.75) is 20.8 Å². The van der Waals surface area contributed by atoms with Crippen LogP contribution in [0.2, 0.25) is 0 Å². The lowest BCUT2D eigenvalue weighted by molar-refractivity contribution is 1.15. The summed E-state index contributed by atoms with van der Waals surface area (Å²) in [4.78, 5) is 0. The average molecular weight is 126 g/mol. The van der Waals surface area contributed by atoms with E-state index < -0.39 is 0 Å². The molecule has 52 valence electrons. The molecule has 9 heavy (non-hydrogen) atoms. The zero-order valence-corrected chi connectivity index (χ0v) is 6.23. The Kier molecular flexibility index (Phi) is 2.85. The maximum absolute atomic E-state index is 5.56. The average Bonchev–Trinajstić information content (AvgIpc) is 1.84. The normalized spacial score (nSPS) is 15.2. The number of rotatable bonds is 1. The van der Waals surface area contributed by atoms with Gasteiger partial charge >= 0.3 is 0 Å². The molecule has 0 saturated carbocycles. The Labute approximate surface area is 56.2 Å². The molecule has 0 aromatic heterocycles. The quantitative estimate of drug-likeness (QED) is 0.517. The van der Waals surface area contributed by atoms with Crippen LogP contribution in [-0.2, 0) is 0 Å². The molecule has 2 nitrogen and oxygen atoms in total. The molecule has 0 amide bonds. The summed E-state index contributed by atoms with van der Waals surface area (Å²) in [6.45, 7) is 5.67. The van der Waals surface area contributed by atoms with Gasteiger partial charge in [-0.05, 0) is 26.3 Å². The van der Waals surface area contributed by atoms with Crippen molar-refractivity contribution >= 4 is 0 Å². The highest BCUT2D eigenvalue weighted by atomic mass is 14.7. The van der Waals surface area contributed by atoms with Gasteiger partial charge in [-0.1, -0.05) is 6.08 Å². The minimum absolute atomic E-state index is 0.686. The van der Waals surface area contributed by atoms with Crippen molar-refractivity contribution in [3.8, 4) is 0 Å². The summed E-state index contributed by atoms with van der Waals surface area (Å²) in [6.07, 6.45) is 1.94. The highest BCUT2D eigenvalue weighted by molar-refractivity contribution is 5.28. The minimum Gasteiger partial charge on any atom is -0.401 e. The van der Waals surface area contributed by atoms with Crippen LogP contribution in [0.15, 0.2) is 23.0 Å². The van der Waals surface area contributed by atoms with Crippen molar-refractivity contribution in [2.75, 3.05) is 0 Å². The Balaban J connectivity index is 4.40. The van der Waals surface area contributed by atoms with Gasteiger partial charge in [0.25, 0.3) is 0 Å². The van der Waals surface area contributed by atoms with Gasteiger partial charge in [-0.2, -0.15) is 0 Å². The topological polar surface area (TPSA) is 52.0 Å². The van der Waals surface area contributed by atoms with Crippen LogP contribution in [0.5, 0.6) is 0 Å². The van der Waals surface area contributed by atoms with Gasteiger partial charge in [0, 0.05) is 5.70 Å². The Morgan fingerprint density at radius 3 is 1.78 bits per heavy atom. The number of hydrogen-bond acceptors (Lipinski definition) is 2. The molecule has 0 rings (SSSR count). The van der Waals surface area contributed by atoms with E-state index in [2.05, 4.69) is 0 Å². The van der Waals surface area contributed by atoms with E-state index in [-0.39, 0.29) is 0 Å². The predicted molar refractivity (Wildman–Crippen MR) is 40.5 cm³/mol. The monoisotopic (exact) mass is 126 g/mol. The SMILES string of the molecule is C/C=C(C)/C(N)=C(/C)N. The van der Waals surface area contributed by atoms with Crippen molar-refractivity contribution in [1.82, 2.24) is 0 Å². The Bertz CT molecular complexity index is 150. The zero-order chi connectivity index (χ0) is 7.44. The third-order valence-electron chi connectivity index (χ3n) is 1.28. The first-order chi connectivity index (χ1) is 4.09. The zero-order valence-electron chi connectivity index (χ0n) is 6.23. The highest BCUT2D eigenvalue weighted by Crippen LogP contribution is 2.03. The third-order valence-corrected chi connectivity index (χ3v) is 1.28. The fraction of sp³-hybridized carbons (Fsp3) is 0.429. The predicted octanol–water partition coefficient (Wildman–Crippen LogP) is 1.10. The smallest absolute Gasteiger partial charge is 0.0528 e. The molecule has 0 aromatic rings. The summed E-state index contributed by atoms with van der Waals surface area (Å²) in [5, 5.41) is 0. The fourth-order valence-electron chi connectivity index (χ4n) is 0.467. The van der Waals surface area contributed by atoms with Gasteiger partial charge in [-0.3, -0.25) is 0 Å². The van der Waals surface area contributed by atoms with E-state index in [1.807, 2.05) is 19.9 Å². The second kappa shape index (κ2) is 3.17. The summed E-state index contributed by atoms with van der Waals surface area (Å²) in [6, 6.07) is 0. The number of allylic oxidation sites excluding steroid dienone is 3. The number of nitrogens with two attached hydrogens (primary N) is 2. The summed E-state index contributed by atoms with van der Waals surface area (Å²) >= 11 is 0. The molecule has 0 aliphatic rings. The van der Waals surface area contributed by atoms with Crippen LogP contribution in [-0.4, -0.2) is 0 Å². The van der Waals surface area contributed by atoms with E-state index in [1.165, 1.54) is 0 Å². The van der Waals surface area contributed by atoms with Crippen LogP contribution in [0.25, 0.3) is 0 Å². The Hall–Kier alpha value is -0.920. The molecular formula is C7H14N2. The fourth-order valence-corrected chi connectivity index (χ4v) is 0.467. The lowest BCUT2D eigenvalue weighted by Gasteiger charge is -2.01. The van der Waals surface area contributed by atoms with Gasteiger partial charge < -0.3 is 11.5 Å². The summed E-state index contributed by atoms with van der Waals surface area (Å²) in [5.41, 5.74) is 13.4. The van der Waals surface area contributed by atoms with E-state index in [1.54, 1.807) is 6.92 Å². The maximum atomic E-state index is 5.56. The van der Waals surface area contributed by atoms with Crippen molar-refractivity contribution in [2.24, 2.45) is 11.5 Å². The first kappa shape index (κ1) is 8.08. The van der Waals surface area contributed by atoms with Crippen molar-refractivity contribution in [1.29, 1.82) is 0 Å². The Morgan fingerprint density at radius 2 is 1.67 bits per heavy atom. The van der Waals surface area contributed by atoms with Crippen LogP contribution in [0, 0.1) is 0 Å². The molecule has 0 aliphatic carbocycles. The van der Waals surface area contributed by atoms with E-state index in [0.29, 0.717) is 11.4 Å². The van der Waals surface area contributed by atoms with Crippen LogP contribution in [0.3, 0.4) is 0 Å². The molecule has 0 fully saturated rings. The minimum atomic E-state index is 0.686. The van der Waals surface area contributed by atoms with Crippen LogP contribution in [0.4, 0.5) is 0 Å². The van der Waals surface area contributed by atoms with Gasteiger partial charge in [-0.15, -0.1) is 0 Å². The molecule has 0 aromatic carbocycles. The summed E-state index contributed by atoms with van der Waals surface area (Å²) in [7, 11) is 0. The second-order valence-electron chi connectivity index (χ2n) is 2.07. The lowest BCUT2D eigenvalue weighted by atomic mass is 10.2. The molecular weight excluding hydrogens is 112 g/mol. The molecule has 0 unspecified atom stereocenters. The van der Waals surface area contributed by atoms with Crippen molar-refractivity contribution in [3.63, 3.8) is 0 Å². The van der Waals surface area contributed by atoms with Crippen LogP contribution >= 0.6 is 0 Å². The number of hydrogen-bond donors (Lipinski definition) is 2. The van der Waals surface area contributed by atoms with Crippen LogP contribution < -0.4 is 11.5 Å². The van der Waals surface area contributed by atoms with E-state index >= 15 is 0 Å². The van der Waals surface area contributed by atoms with Gasteiger partial charge in [0.1, 0.15) is 0 Å². The molecule has 2 heteroatoms. The molecule has 0 bridgehead atoms. The summed E-state index contributed by atoms with van der Waals surface area (Å²) in [5.74, 6) is 0. The molecule has 0 radical (unpaired) electrons. The van der Waals surface area contributed by atoms with Crippen molar-refractivity contribution in [3.05, 3.63) is 23.0 Å². The van der Waals surface area contributed by atoms with Gasteiger partial charge in [0.2, 0.25) is 0 Å². The van der Waals surface area contributed by atoms with Gasteiger partial charge in [0.05, 0.1) is 5.70 Å². The second-order valence-corrected chi connectivity index (χ2v) is 2.07. The Morgan fingerprint density at radius 1 is 1.22 bits per heavy atom. The molecule has 0 atom stereocenters. The molecule has 0 aliphatic heterocycles. The first-order valence-electron chi connectivity index (χ1n) is 2.94. The third kappa shape index (κ3) is 2.22. The van der Waals surface area contributed by atoms with Gasteiger partial charge in [0.15, 0.2) is 0 Å². The summed E-state index contributed by atoms with van der Waals surface area (Å²) < 4.78 is 0. The standard InChI is InChI=1S/C7H14N2/c1-4-5(2)7(9)6(3)8/h4H,8-9H2,1-3H3/b5-4+,7-6+.